The number of hydrogen-bond acceptors (Lipinski definition) is 3. The first kappa shape index (κ1) is 13.3. The van der Waals surface area contributed by atoms with Crippen molar-refractivity contribution in [1.29, 1.82) is 0 Å². The molecule has 1 aromatic carbocycles. The van der Waals surface area contributed by atoms with E-state index in [1.165, 1.54) is 16.1 Å². The van der Waals surface area contributed by atoms with Crippen LogP contribution in [0.1, 0.15) is 31.7 Å². The van der Waals surface area contributed by atoms with Gasteiger partial charge in [-0.15, -0.1) is 11.8 Å². The van der Waals surface area contributed by atoms with Crippen LogP contribution in [0, 0.1) is 0 Å². The van der Waals surface area contributed by atoms with Gasteiger partial charge in [-0.2, -0.15) is 0 Å². The number of carbonyl (C=O) groups is 1. The minimum atomic E-state index is -0.724. The van der Waals surface area contributed by atoms with E-state index in [1.807, 2.05) is 7.05 Å². The second-order valence-corrected chi connectivity index (χ2v) is 6.08. The van der Waals surface area contributed by atoms with Gasteiger partial charge in [0, 0.05) is 23.7 Å². The third kappa shape index (κ3) is 2.48. The van der Waals surface area contributed by atoms with Crippen molar-refractivity contribution >= 4 is 23.4 Å². The number of para-hydroxylation sites is 1. The first-order valence-corrected chi connectivity index (χ1v) is 7.19. The third-order valence-corrected chi connectivity index (χ3v) is 4.59. The quantitative estimate of drug-likeness (QED) is 0.911. The predicted molar refractivity (Wildman–Crippen MR) is 75.7 cm³/mol. The molecule has 0 aromatic heterocycles. The molecule has 0 fully saturated rings. The Balaban J connectivity index is 2.37. The van der Waals surface area contributed by atoms with Crippen LogP contribution >= 0.6 is 11.8 Å². The Bertz CT molecular complexity index is 459. The number of thioether (sulfide) groups is 1. The number of anilines is 1. The number of benzene rings is 1. The molecule has 3 nitrogen and oxygen atoms in total. The minimum absolute atomic E-state index is 0.0832. The molecule has 0 spiro atoms. The highest BCUT2D eigenvalue weighted by Crippen LogP contribution is 2.42. The SMILES string of the molecule is CC(C)c1cccc2c1N(C)C(CC(=O)O)CS2. The molecule has 1 atom stereocenters. The number of carboxylic acids is 1. The van der Waals surface area contributed by atoms with Crippen molar-refractivity contribution in [3.8, 4) is 0 Å². The van der Waals surface area contributed by atoms with Crippen LogP contribution < -0.4 is 4.90 Å². The Morgan fingerprint density at radius 1 is 1.56 bits per heavy atom. The number of carboxylic acid groups (broad SMARTS) is 1. The summed E-state index contributed by atoms with van der Waals surface area (Å²) in [6, 6.07) is 6.44. The van der Waals surface area contributed by atoms with Gasteiger partial charge in [-0.05, 0) is 17.5 Å². The summed E-state index contributed by atoms with van der Waals surface area (Å²) in [6.07, 6.45) is 0.204. The van der Waals surface area contributed by atoms with Crippen molar-refractivity contribution < 1.29 is 9.90 Å². The van der Waals surface area contributed by atoms with Crippen molar-refractivity contribution in [1.82, 2.24) is 0 Å². The molecule has 0 aliphatic carbocycles. The summed E-state index contributed by atoms with van der Waals surface area (Å²) in [5.41, 5.74) is 2.52. The summed E-state index contributed by atoms with van der Waals surface area (Å²) in [7, 11) is 2.01. The van der Waals surface area contributed by atoms with E-state index in [0.29, 0.717) is 5.92 Å². The summed E-state index contributed by atoms with van der Waals surface area (Å²) in [5, 5.41) is 8.97. The average Bonchev–Trinajstić information content (AvgIpc) is 2.31. The van der Waals surface area contributed by atoms with Crippen LogP contribution in [0.5, 0.6) is 0 Å². The van der Waals surface area contributed by atoms with E-state index < -0.39 is 5.97 Å². The van der Waals surface area contributed by atoms with Crippen LogP contribution in [0.4, 0.5) is 5.69 Å². The summed E-state index contributed by atoms with van der Waals surface area (Å²) in [5.74, 6) is 0.571. The number of fused-ring (bicyclic) bond motifs is 1. The second kappa shape index (κ2) is 5.22. The maximum absolute atomic E-state index is 10.9. The summed E-state index contributed by atoms with van der Waals surface area (Å²) >= 11 is 1.77. The van der Waals surface area contributed by atoms with Crippen molar-refractivity contribution in [2.24, 2.45) is 0 Å². The lowest BCUT2D eigenvalue weighted by Gasteiger charge is -2.37. The maximum atomic E-state index is 10.9. The van der Waals surface area contributed by atoms with Crippen molar-refractivity contribution in [3.05, 3.63) is 23.8 Å². The van der Waals surface area contributed by atoms with E-state index in [9.17, 15) is 4.79 Å². The Hall–Kier alpha value is -1.16. The van der Waals surface area contributed by atoms with Gasteiger partial charge in [-0.3, -0.25) is 4.79 Å². The molecular formula is C14H19NO2S. The third-order valence-electron chi connectivity index (χ3n) is 3.39. The van der Waals surface area contributed by atoms with Gasteiger partial charge in [-0.25, -0.2) is 0 Å². The molecule has 1 heterocycles. The normalized spacial score (nSPS) is 18.9. The molecule has 1 aromatic rings. The highest BCUT2D eigenvalue weighted by Gasteiger charge is 2.28. The smallest absolute Gasteiger partial charge is 0.305 e. The molecule has 0 saturated heterocycles. The van der Waals surface area contributed by atoms with Gasteiger partial charge in [0.2, 0.25) is 0 Å². The monoisotopic (exact) mass is 265 g/mol. The lowest BCUT2D eigenvalue weighted by atomic mass is 9.99. The Kier molecular flexibility index (Phi) is 3.85. The number of hydrogen-bond donors (Lipinski definition) is 1. The Morgan fingerprint density at radius 2 is 2.28 bits per heavy atom. The molecule has 0 amide bonds. The van der Waals surface area contributed by atoms with Gasteiger partial charge in [0.1, 0.15) is 0 Å². The van der Waals surface area contributed by atoms with Crippen LogP contribution in [0.15, 0.2) is 23.1 Å². The number of nitrogens with zero attached hydrogens (tertiary/aromatic N) is 1. The van der Waals surface area contributed by atoms with Gasteiger partial charge in [0.15, 0.2) is 0 Å². The van der Waals surface area contributed by atoms with Crippen molar-refractivity contribution in [2.75, 3.05) is 17.7 Å². The first-order chi connectivity index (χ1) is 8.50. The van der Waals surface area contributed by atoms with E-state index in [4.69, 9.17) is 5.11 Å². The number of rotatable bonds is 3. The van der Waals surface area contributed by atoms with Crippen molar-refractivity contribution in [2.45, 2.75) is 37.1 Å². The van der Waals surface area contributed by atoms with Gasteiger partial charge in [0.25, 0.3) is 0 Å². The van der Waals surface area contributed by atoms with Gasteiger partial charge in [0.05, 0.1) is 12.1 Å². The van der Waals surface area contributed by atoms with E-state index in [1.54, 1.807) is 11.8 Å². The zero-order valence-electron chi connectivity index (χ0n) is 11.0. The Labute approximate surface area is 112 Å². The van der Waals surface area contributed by atoms with E-state index >= 15 is 0 Å². The predicted octanol–water partition coefficient (Wildman–Crippen LogP) is 3.20. The highest BCUT2D eigenvalue weighted by atomic mass is 32.2. The molecule has 98 valence electrons. The summed E-state index contributed by atoms with van der Waals surface area (Å²) in [4.78, 5) is 14.3. The zero-order valence-corrected chi connectivity index (χ0v) is 11.8. The topological polar surface area (TPSA) is 40.5 Å². The lowest BCUT2D eigenvalue weighted by Crippen LogP contribution is -2.39. The summed E-state index contributed by atoms with van der Waals surface area (Å²) < 4.78 is 0. The first-order valence-electron chi connectivity index (χ1n) is 6.21. The molecule has 0 saturated carbocycles. The molecule has 0 radical (unpaired) electrons. The second-order valence-electron chi connectivity index (χ2n) is 5.02. The van der Waals surface area contributed by atoms with Crippen LogP contribution in [0.2, 0.25) is 0 Å². The fourth-order valence-electron chi connectivity index (χ4n) is 2.38. The highest BCUT2D eigenvalue weighted by molar-refractivity contribution is 7.99. The van der Waals surface area contributed by atoms with Gasteiger partial charge in [-0.1, -0.05) is 26.0 Å². The van der Waals surface area contributed by atoms with E-state index in [2.05, 4.69) is 36.9 Å². The molecule has 18 heavy (non-hydrogen) atoms. The van der Waals surface area contributed by atoms with Crippen LogP contribution in [-0.2, 0) is 4.79 Å². The van der Waals surface area contributed by atoms with E-state index in [0.717, 1.165) is 5.75 Å². The molecule has 1 unspecified atom stereocenters. The van der Waals surface area contributed by atoms with E-state index in [-0.39, 0.29) is 12.5 Å². The molecule has 4 heteroatoms. The molecular weight excluding hydrogens is 246 g/mol. The molecule has 1 N–H and O–H groups in total. The fourth-order valence-corrected chi connectivity index (χ4v) is 3.66. The molecule has 2 rings (SSSR count). The number of aliphatic carboxylic acids is 1. The molecule has 0 bridgehead atoms. The average molecular weight is 265 g/mol. The minimum Gasteiger partial charge on any atom is -0.481 e. The largest absolute Gasteiger partial charge is 0.481 e. The zero-order chi connectivity index (χ0) is 13.3. The summed E-state index contributed by atoms with van der Waals surface area (Å²) in [6.45, 7) is 4.35. The maximum Gasteiger partial charge on any atom is 0.305 e. The van der Waals surface area contributed by atoms with Crippen molar-refractivity contribution in [3.63, 3.8) is 0 Å². The molecule has 1 aliphatic rings. The fraction of sp³-hybridized carbons (Fsp3) is 0.500. The molecule has 1 aliphatic heterocycles. The standard InChI is InChI=1S/C14H19NO2S/c1-9(2)11-5-4-6-12-14(11)15(3)10(8-18-12)7-13(16)17/h4-6,9-10H,7-8H2,1-3H3,(H,16,17). The van der Waals surface area contributed by atoms with Gasteiger partial charge < -0.3 is 10.0 Å². The van der Waals surface area contributed by atoms with Gasteiger partial charge >= 0.3 is 5.97 Å². The van der Waals surface area contributed by atoms with Crippen LogP contribution in [0.3, 0.4) is 0 Å². The Morgan fingerprint density at radius 3 is 2.89 bits per heavy atom. The van der Waals surface area contributed by atoms with Crippen LogP contribution in [-0.4, -0.2) is 29.9 Å². The lowest BCUT2D eigenvalue weighted by molar-refractivity contribution is -0.137. The van der Waals surface area contributed by atoms with Crippen LogP contribution in [0.25, 0.3) is 0 Å².